The molecular formula is C15H22O4. The number of esters is 1. The first kappa shape index (κ1) is 14.3. The quantitative estimate of drug-likeness (QED) is 0.558. The molecule has 1 saturated heterocycles. The van der Waals surface area contributed by atoms with Crippen molar-refractivity contribution < 1.29 is 19.7 Å². The number of hydrogen-bond donors (Lipinski definition) is 2. The second-order valence-electron chi connectivity index (χ2n) is 5.61. The fourth-order valence-electron chi connectivity index (χ4n) is 2.96. The topological polar surface area (TPSA) is 66.8 Å². The number of aliphatic hydroxyl groups excluding tert-OH is 2. The summed E-state index contributed by atoms with van der Waals surface area (Å²) >= 11 is 0. The van der Waals surface area contributed by atoms with E-state index < -0.39 is 12.2 Å². The number of carbonyl (C=O) groups is 1. The summed E-state index contributed by atoms with van der Waals surface area (Å²) in [7, 11) is 0. The van der Waals surface area contributed by atoms with E-state index in [-0.39, 0.29) is 24.4 Å². The molecule has 4 heteroatoms. The van der Waals surface area contributed by atoms with E-state index in [1.54, 1.807) is 6.92 Å². The summed E-state index contributed by atoms with van der Waals surface area (Å²) in [6.45, 7) is 3.76. The number of allylic oxidation sites excluding steroid dienone is 1. The van der Waals surface area contributed by atoms with Crippen molar-refractivity contribution in [3.8, 4) is 0 Å². The molecule has 2 N–H and O–H groups in total. The first-order valence-corrected chi connectivity index (χ1v) is 6.87. The zero-order valence-electron chi connectivity index (χ0n) is 11.5. The van der Waals surface area contributed by atoms with Gasteiger partial charge in [0.1, 0.15) is 6.10 Å². The highest BCUT2D eigenvalue weighted by Crippen LogP contribution is 2.35. The van der Waals surface area contributed by atoms with Crippen LogP contribution < -0.4 is 0 Å². The first-order valence-electron chi connectivity index (χ1n) is 6.87. The summed E-state index contributed by atoms with van der Waals surface area (Å²) in [6.07, 6.45) is 5.09. The summed E-state index contributed by atoms with van der Waals surface area (Å²) in [4.78, 5) is 11.7. The van der Waals surface area contributed by atoms with Gasteiger partial charge in [0.25, 0.3) is 0 Å². The van der Waals surface area contributed by atoms with Crippen molar-refractivity contribution >= 4 is 5.97 Å². The molecule has 2 rings (SSSR count). The summed E-state index contributed by atoms with van der Waals surface area (Å²) in [5, 5.41) is 19.7. The number of carbonyl (C=O) groups excluding carboxylic acids is 1. The van der Waals surface area contributed by atoms with Gasteiger partial charge in [0.2, 0.25) is 0 Å². The predicted molar refractivity (Wildman–Crippen MR) is 71.3 cm³/mol. The molecular weight excluding hydrogens is 244 g/mol. The van der Waals surface area contributed by atoms with Gasteiger partial charge in [-0.3, -0.25) is 4.79 Å². The highest BCUT2D eigenvalue weighted by Gasteiger charge is 2.44. The maximum Gasteiger partial charge on any atom is 0.309 e. The Labute approximate surface area is 113 Å². The minimum atomic E-state index is -0.586. The lowest BCUT2D eigenvalue weighted by Gasteiger charge is -2.25. The van der Waals surface area contributed by atoms with E-state index in [0.717, 1.165) is 24.0 Å². The summed E-state index contributed by atoms with van der Waals surface area (Å²) in [5.74, 6) is -0.789. The van der Waals surface area contributed by atoms with Gasteiger partial charge in [0.05, 0.1) is 18.6 Å². The van der Waals surface area contributed by atoms with E-state index in [2.05, 4.69) is 6.08 Å². The van der Waals surface area contributed by atoms with Crippen LogP contribution in [0.2, 0.25) is 0 Å². The van der Waals surface area contributed by atoms with Crippen molar-refractivity contribution in [1.29, 1.82) is 0 Å². The molecule has 0 aromatic heterocycles. The van der Waals surface area contributed by atoms with Gasteiger partial charge in [-0.2, -0.15) is 0 Å². The monoisotopic (exact) mass is 266 g/mol. The third-order valence-electron chi connectivity index (χ3n) is 4.12. The molecule has 0 radical (unpaired) electrons. The minimum Gasteiger partial charge on any atom is -0.457 e. The molecule has 0 aromatic carbocycles. The molecule has 2 aliphatic rings. The fourth-order valence-corrected chi connectivity index (χ4v) is 2.96. The molecule has 0 spiro atoms. The van der Waals surface area contributed by atoms with Gasteiger partial charge in [-0.25, -0.2) is 0 Å². The van der Waals surface area contributed by atoms with Gasteiger partial charge >= 0.3 is 5.97 Å². The standard InChI is InChI=1S/C15H22O4/c1-9-4-3-5-11(8-16)7-13-14(12(17)6-9)10(2)15(18)19-13/h4,7,10,12-14,16-17H,3,5-6,8H2,1-2H3/b9-4-,11-7+/t10?,12-,13+,14+/m0/s1. The van der Waals surface area contributed by atoms with Crippen LogP contribution in [0, 0.1) is 11.8 Å². The lowest BCUT2D eigenvalue weighted by atomic mass is 9.82. The molecule has 4 nitrogen and oxygen atoms in total. The van der Waals surface area contributed by atoms with E-state index in [4.69, 9.17) is 4.74 Å². The van der Waals surface area contributed by atoms with Crippen LogP contribution >= 0.6 is 0 Å². The van der Waals surface area contributed by atoms with Crippen LogP contribution in [0.25, 0.3) is 0 Å². The molecule has 106 valence electrons. The molecule has 1 heterocycles. The van der Waals surface area contributed by atoms with Crippen molar-refractivity contribution in [2.75, 3.05) is 6.61 Å². The highest BCUT2D eigenvalue weighted by atomic mass is 16.6. The molecule has 1 aliphatic heterocycles. The van der Waals surface area contributed by atoms with Crippen LogP contribution in [0.3, 0.4) is 0 Å². The third-order valence-corrected chi connectivity index (χ3v) is 4.12. The number of rotatable bonds is 1. The number of ether oxygens (including phenoxy) is 1. The molecule has 1 unspecified atom stereocenters. The van der Waals surface area contributed by atoms with Crippen LogP contribution in [-0.2, 0) is 9.53 Å². The average molecular weight is 266 g/mol. The van der Waals surface area contributed by atoms with Crippen LogP contribution in [-0.4, -0.2) is 35.0 Å². The Kier molecular flexibility index (Phi) is 4.42. The third kappa shape index (κ3) is 3.07. The second kappa shape index (κ2) is 5.88. The van der Waals surface area contributed by atoms with Crippen molar-refractivity contribution in [2.45, 2.75) is 45.3 Å². The van der Waals surface area contributed by atoms with Crippen molar-refractivity contribution in [3.05, 3.63) is 23.3 Å². The molecule has 0 aromatic rings. The Morgan fingerprint density at radius 3 is 2.89 bits per heavy atom. The number of aliphatic hydroxyl groups is 2. The maximum absolute atomic E-state index is 11.7. The van der Waals surface area contributed by atoms with Crippen LogP contribution in [0.15, 0.2) is 23.3 Å². The van der Waals surface area contributed by atoms with E-state index >= 15 is 0 Å². The molecule has 4 atom stereocenters. The van der Waals surface area contributed by atoms with Crippen LogP contribution in [0.4, 0.5) is 0 Å². The maximum atomic E-state index is 11.7. The van der Waals surface area contributed by atoms with Gasteiger partial charge in [0, 0.05) is 5.92 Å². The number of hydrogen-bond acceptors (Lipinski definition) is 4. The normalized spacial score (nSPS) is 41.6. The van der Waals surface area contributed by atoms with Gasteiger partial charge < -0.3 is 14.9 Å². The van der Waals surface area contributed by atoms with Crippen LogP contribution in [0.5, 0.6) is 0 Å². The summed E-state index contributed by atoms with van der Waals surface area (Å²) in [5.41, 5.74) is 1.99. The predicted octanol–water partition coefficient (Wildman–Crippen LogP) is 1.57. The molecule has 19 heavy (non-hydrogen) atoms. The van der Waals surface area contributed by atoms with Crippen molar-refractivity contribution in [1.82, 2.24) is 0 Å². The van der Waals surface area contributed by atoms with Gasteiger partial charge in [-0.1, -0.05) is 18.6 Å². The Bertz CT molecular complexity index is 410. The lowest BCUT2D eigenvalue weighted by molar-refractivity contribution is -0.142. The fraction of sp³-hybridized carbons (Fsp3) is 0.667. The van der Waals surface area contributed by atoms with Gasteiger partial charge in [-0.15, -0.1) is 0 Å². The number of fused-ring (bicyclic) bond motifs is 1. The van der Waals surface area contributed by atoms with Gasteiger partial charge in [-0.05, 0) is 37.8 Å². The van der Waals surface area contributed by atoms with Gasteiger partial charge in [0.15, 0.2) is 0 Å². The van der Waals surface area contributed by atoms with E-state index in [9.17, 15) is 15.0 Å². The average Bonchev–Trinajstić information content (AvgIpc) is 2.63. The van der Waals surface area contributed by atoms with E-state index in [0.29, 0.717) is 6.42 Å². The van der Waals surface area contributed by atoms with E-state index in [1.165, 1.54) is 0 Å². The Morgan fingerprint density at radius 1 is 1.47 bits per heavy atom. The van der Waals surface area contributed by atoms with Crippen LogP contribution in [0.1, 0.15) is 33.1 Å². The largest absolute Gasteiger partial charge is 0.457 e. The molecule has 0 saturated carbocycles. The zero-order valence-corrected chi connectivity index (χ0v) is 11.5. The minimum absolute atomic E-state index is 0.0296. The second-order valence-corrected chi connectivity index (χ2v) is 5.61. The highest BCUT2D eigenvalue weighted by molar-refractivity contribution is 5.75. The Morgan fingerprint density at radius 2 is 2.21 bits per heavy atom. The first-order chi connectivity index (χ1) is 9.02. The molecule has 1 aliphatic carbocycles. The molecule has 1 fully saturated rings. The Balaban J connectivity index is 2.31. The summed E-state index contributed by atoms with van der Waals surface area (Å²) in [6, 6.07) is 0. The SMILES string of the molecule is C/C1=C/CC/C(CO)=C\[C@H]2OC(=O)C(C)[C@@H]2[C@@H](O)C1. The lowest BCUT2D eigenvalue weighted by Crippen LogP contribution is -2.32. The molecule has 0 amide bonds. The summed E-state index contributed by atoms with van der Waals surface area (Å²) < 4.78 is 5.34. The zero-order chi connectivity index (χ0) is 14.0. The van der Waals surface area contributed by atoms with Crippen molar-refractivity contribution in [3.63, 3.8) is 0 Å². The Hall–Kier alpha value is -1.13. The van der Waals surface area contributed by atoms with Crippen molar-refractivity contribution in [2.24, 2.45) is 11.8 Å². The molecule has 0 bridgehead atoms. The van der Waals surface area contributed by atoms with E-state index in [1.807, 2.05) is 13.0 Å². The smallest absolute Gasteiger partial charge is 0.309 e.